The molecule has 6 heteroatoms. The van der Waals surface area contributed by atoms with Crippen molar-refractivity contribution >= 4 is 38.0 Å². The van der Waals surface area contributed by atoms with E-state index in [9.17, 15) is 4.79 Å². The first-order valence-corrected chi connectivity index (χ1v) is 8.98. The van der Waals surface area contributed by atoms with Gasteiger partial charge in [0, 0.05) is 27.6 Å². The highest BCUT2D eigenvalue weighted by Gasteiger charge is 2.31. The van der Waals surface area contributed by atoms with Crippen molar-refractivity contribution in [3.8, 4) is 0 Å². The van der Waals surface area contributed by atoms with Crippen LogP contribution in [-0.4, -0.2) is 23.8 Å². The Hall–Kier alpha value is -0.590. The Balaban J connectivity index is 1.67. The first-order valence-electron chi connectivity index (χ1n) is 7.40. The van der Waals surface area contributed by atoms with Crippen LogP contribution in [0.25, 0.3) is 0 Å². The maximum Gasteiger partial charge on any atom is 0.407 e. The third-order valence-electron chi connectivity index (χ3n) is 3.44. The van der Waals surface area contributed by atoms with E-state index in [0.29, 0.717) is 6.04 Å². The van der Waals surface area contributed by atoms with Crippen molar-refractivity contribution < 1.29 is 9.53 Å². The maximum atomic E-state index is 11.7. The molecule has 122 valence electrons. The molecule has 0 heterocycles. The van der Waals surface area contributed by atoms with E-state index in [2.05, 4.69) is 54.6 Å². The lowest BCUT2D eigenvalue weighted by Gasteiger charge is -2.36. The van der Waals surface area contributed by atoms with Gasteiger partial charge in [-0.25, -0.2) is 4.79 Å². The summed E-state index contributed by atoms with van der Waals surface area (Å²) in [6.45, 7) is 6.44. The molecule has 0 bridgehead atoms. The quantitative estimate of drug-likeness (QED) is 0.741. The third-order valence-corrected chi connectivity index (χ3v) is 5.32. The zero-order valence-corrected chi connectivity index (χ0v) is 16.3. The summed E-state index contributed by atoms with van der Waals surface area (Å²) in [4.78, 5) is 11.7. The Morgan fingerprint density at radius 3 is 2.50 bits per heavy atom. The second-order valence-corrected chi connectivity index (χ2v) is 8.35. The predicted molar refractivity (Wildman–Crippen MR) is 94.9 cm³/mol. The first kappa shape index (κ1) is 17.8. The third kappa shape index (κ3) is 5.56. The lowest BCUT2D eigenvalue weighted by Crippen LogP contribution is -2.52. The summed E-state index contributed by atoms with van der Waals surface area (Å²) in [5.41, 5.74) is 0.791. The van der Waals surface area contributed by atoms with E-state index in [-0.39, 0.29) is 12.1 Å². The van der Waals surface area contributed by atoms with E-state index in [1.165, 1.54) is 5.56 Å². The van der Waals surface area contributed by atoms with Gasteiger partial charge in [-0.15, -0.1) is 0 Å². The number of carbonyl (C=O) groups is 1. The summed E-state index contributed by atoms with van der Waals surface area (Å²) < 4.78 is 7.37. The van der Waals surface area contributed by atoms with Gasteiger partial charge in [0.05, 0.1) is 0 Å². The average Bonchev–Trinajstić information content (AvgIpc) is 2.33. The number of halogens is 2. The molecular weight excluding hydrogens is 412 g/mol. The second-order valence-electron chi connectivity index (χ2n) is 6.64. The lowest BCUT2D eigenvalue weighted by atomic mass is 9.87. The monoisotopic (exact) mass is 432 g/mol. The smallest absolute Gasteiger partial charge is 0.407 e. The molecule has 1 aromatic rings. The van der Waals surface area contributed by atoms with Crippen molar-refractivity contribution in [1.29, 1.82) is 0 Å². The molecule has 1 aliphatic carbocycles. The fraction of sp³-hybridized carbons (Fsp3) is 0.562. The summed E-state index contributed by atoms with van der Waals surface area (Å²) >= 11 is 6.97. The largest absolute Gasteiger partial charge is 0.444 e. The summed E-state index contributed by atoms with van der Waals surface area (Å²) in [6.07, 6.45) is 1.56. The maximum absolute atomic E-state index is 11.7. The molecule has 1 fully saturated rings. The standard InChI is InChI=1S/C16H22Br2N2O2/c1-16(2,3)22-15(21)20-12-7-11(8-12)19-9-10-4-5-13(17)14(18)6-10/h4-6,11-12,19H,7-9H2,1-3H3,(H,20,21). The van der Waals surface area contributed by atoms with Crippen molar-refractivity contribution in [3.63, 3.8) is 0 Å². The van der Waals surface area contributed by atoms with Crippen LogP contribution in [0.3, 0.4) is 0 Å². The number of ether oxygens (including phenoxy) is 1. The van der Waals surface area contributed by atoms with Crippen molar-refractivity contribution in [2.24, 2.45) is 0 Å². The van der Waals surface area contributed by atoms with Gasteiger partial charge in [0.1, 0.15) is 5.60 Å². The van der Waals surface area contributed by atoms with Crippen molar-refractivity contribution in [1.82, 2.24) is 10.6 Å². The van der Waals surface area contributed by atoms with Gasteiger partial charge < -0.3 is 15.4 Å². The Labute approximate surface area is 148 Å². The van der Waals surface area contributed by atoms with Crippen LogP contribution < -0.4 is 10.6 Å². The molecule has 4 nitrogen and oxygen atoms in total. The number of rotatable bonds is 4. The van der Waals surface area contributed by atoms with Crippen molar-refractivity contribution in [2.45, 2.75) is 57.8 Å². The van der Waals surface area contributed by atoms with Crippen LogP contribution in [0.2, 0.25) is 0 Å². The molecule has 0 atom stereocenters. The molecular formula is C16H22Br2N2O2. The molecule has 1 amide bonds. The molecule has 2 N–H and O–H groups in total. The second kappa shape index (κ2) is 7.32. The van der Waals surface area contributed by atoms with E-state index in [1.807, 2.05) is 26.8 Å². The highest BCUT2D eigenvalue weighted by molar-refractivity contribution is 9.13. The van der Waals surface area contributed by atoms with Gasteiger partial charge >= 0.3 is 6.09 Å². The number of nitrogens with one attached hydrogen (secondary N) is 2. The molecule has 0 unspecified atom stereocenters. The molecule has 0 aromatic heterocycles. The van der Waals surface area contributed by atoms with E-state index >= 15 is 0 Å². The zero-order chi connectivity index (χ0) is 16.3. The van der Waals surface area contributed by atoms with E-state index in [0.717, 1.165) is 28.3 Å². The highest BCUT2D eigenvalue weighted by Crippen LogP contribution is 2.25. The van der Waals surface area contributed by atoms with Crippen molar-refractivity contribution in [3.05, 3.63) is 32.7 Å². The van der Waals surface area contributed by atoms with Crippen LogP contribution in [-0.2, 0) is 11.3 Å². The molecule has 0 aliphatic heterocycles. The highest BCUT2D eigenvalue weighted by atomic mass is 79.9. The minimum atomic E-state index is -0.444. The normalized spacial score (nSPS) is 21.1. The van der Waals surface area contributed by atoms with E-state index in [1.54, 1.807) is 0 Å². The summed E-state index contributed by atoms with van der Waals surface area (Å²) in [5, 5.41) is 6.41. The number of hydrogen-bond acceptors (Lipinski definition) is 3. The Morgan fingerprint density at radius 2 is 1.91 bits per heavy atom. The van der Waals surface area contributed by atoms with Gasteiger partial charge in [-0.05, 0) is 83.2 Å². The van der Waals surface area contributed by atoms with Gasteiger partial charge in [-0.1, -0.05) is 6.07 Å². The van der Waals surface area contributed by atoms with E-state index in [4.69, 9.17) is 4.74 Å². The minimum absolute atomic E-state index is 0.212. The number of hydrogen-bond donors (Lipinski definition) is 2. The number of alkyl carbamates (subject to hydrolysis) is 1. The van der Waals surface area contributed by atoms with Crippen LogP contribution in [0.1, 0.15) is 39.2 Å². The molecule has 0 saturated heterocycles. The number of carbonyl (C=O) groups excluding carboxylic acids is 1. The van der Waals surface area contributed by atoms with Gasteiger partial charge in [0.25, 0.3) is 0 Å². The van der Waals surface area contributed by atoms with Crippen LogP contribution in [0, 0.1) is 0 Å². The van der Waals surface area contributed by atoms with Gasteiger partial charge in [-0.3, -0.25) is 0 Å². The summed E-state index contributed by atoms with van der Waals surface area (Å²) in [7, 11) is 0. The predicted octanol–water partition coefficient (Wildman–Crippen LogP) is 4.36. The number of amides is 1. The first-order chi connectivity index (χ1) is 10.2. The summed E-state index contributed by atoms with van der Waals surface area (Å²) in [6, 6.07) is 6.89. The van der Waals surface area contributed by atoms with Gasteiger partial charge in [0.2, 0.25) is 0 Å². The summed E-state index contributed by atoms with van der Waals surface area (Å²) in [5.74, 6) is 0. The van der Waals surface area contributed by atoms with Gasteiger partial charge in [0.15, 0.2) is 0 Å². The Kier molecular flexibility index (Phi) is 5.91. The topological polar surface area (TPSA) is 50.4 Å². The molecule has 2 rings (SSSR count). The molecule has 1 aromatic carbocycles. The van der Waals surface area contributed by atoms with Crippen molar-refractivity contribution in [2.75, 3.05) is 0 Å². The number of benzene rings is 1. The molecule has 1 aliphatic rings. The van der Waals surface area contributed by atoms with Gasteiger partial charge in [-0.2, -0.15) is 0 Å². The minimum Gasteiger partial charge on any atom is -0.444 e. The molecule has 1 saturated carbocycles. The average molecular weight is 434 g/mol. The van der Waals surface area contributed by atoms with Crippen LogP contribution >= 0.6 is 31.9 Å². The van der Waals surface area contributed by atoms with E-state index < -0.39 is 5.60 Å². The molecule has 0 radical (unpaired) electrons. The van der Waals surface area contributed by atoms with Crippen LogP contribution in [0.5, 0.6) is 0 Å². The fourth-order valence-corrected chi connectivity index (χ4v) is 2.96. The Bertz CT molecular complexity index is 537. The fourth-order valence-electron chi connectivity index (χ4n) is 2.29. The lowest BCUT2D eigenvalue weighted by molar-refractivity contribution is 0.0465. The van der Waals surface area contributed by atoms with Crippen LogP contribution in [0.4, 0.5) is 4.79 Å². The van der Waals surface area contributed by atoms with Crippen LogP contribution in [0.15, 0.2) is 27.1 Å². The zero-order valence-electron chi connectivity index (χ0n) is 13.1. The Morgan fingerprint density at radius 1 is 1.23 bits per heavy atom. The molecule has 22 heavy (non-hydrogen) atoms. The molecule has 0 spiro atoms. The SMILES string of the molecule is CC(C)(C)OC(=O)NC1CC(NCc2ccc(Br)c(Br)c2)C1.